The van der Waals surface area contributed by atoms with Crippen molar-refractivity contribution in [3.05, 3.63) is 27.3 Å². The third-order valence-electron chi connectivity index (χ3n) is 3.87. The highest BCUT2D eigenvalue weighted by atomic mass is 127. The number of rotatable bonds is 5. The summed E-state index contributed by atoms with van der Waals surface area (Å²) in [6, 6.07) is 3.38. The molecule has 0 bridgehead atoms. The van der Waals surface area contributed by atoms with Gasteiger partial charge in [-0.1, -0.05) is 12.8 Å². The van der Waals surface area contributed by atoms with Gasteiger partial charge in [-0.25, -0.2) is 9.37 Å². The summed E-state index contributed by atoms with van der Waals surface area (Å²) in [6.07, 6.45) is 5.11. The standard InChI is InChI=1S/C15H17ClFIN2/c1-9(16)15-19-13-8-12(18)11(17)7-14(13)20(15)6-2-3-10-4-5-10/h7-10H,2-6H2,1H3. The second kappa shape index (κ2) is 5.79. The fourth-order valence-corrected chi connectivity index (χ4v) is 3.24. The van der Waals surface area contributed by atoms with Crippen molar-refractivity contribution in [3.8, 4) is 0 Å². The van der Waals surface area contributed by atoms with E-state index < -0.39 is 0 Å². The minimum Gasteiger partial charge on any atom is -0.327 e. The van der Waals surface area contributed by atoms with Gasteiger partial charge in [-0.2, -0.15) is 0 Å². The fraction of sp³-hybridized carbons (Fsp3) is 0.533. The Morgan fingerprint density at radius 3 is 2.90 bits per heavy atom. The highest BCUT2D eigenvalue weighted by molar-refractivity contribution is 14.1. The van der Waals surface area contributed by atoms with Crippen molar-refractivity contribution < 1.29 is 4.39 Å². The third kappa shape index (κ3) is 2.96. The SMILES string of the molecule is CC(Cl)c1nc2cc(I)c(F)cc2n1CCCC1CC1. The number of hydrogen-bond acceptors (Lipinski definition) is 1. The van der Waals surface area contributed by atoms with Crippen molar-refractivity contribution in [2.45, 2.75) is 44.5 Å². The number of alkyl halides is 1. The molecule has 0 aliphatic heterocycles. The molecule has 108 valence electrons. The first kappa shape index (κ1) is 14.6. The van der Waals surface area contributed by atoms with E-state index in [1.54, 1.807) is 12.1 Å². The Balaban J connectivity index is 1.96. The van der Waals surface area contributed by atoms with Crippen LogP contribution in [0.2, 0.25) is 0 Å². The highest BCUT2D eigenvalue weighted by Crippen LogP contribution is 2.34. The summed E-state index contributed by atoms with van der Waals surface area (Å²) in [5.74, 6) is 1.58. The van der Waals surface area contributed by atoms with Gasteiger partial charge >= 0.3 is 0 Å². The number of hydrogen-bond donors (Lipinski definition) is 0. The van der Waals surface area contributed by atoms with Gasteiger partial charge in [0.2, 0.25) is 0 Å². The van der Waals surface area contributed by atoms with E-state index in [4.69, 9.17) is 11.6 Å². The van der Waals surface area contributed by atoms with E-state index in [1.807, 2.05) is 29.5 Å². The van der Waals surface area contributed by atoms with Gasteiger partial charge in [0.1, 0.15) is 11.6 Å². The van der Waals surface area contributed by atoms with E-state index in [1.165, 1.54) is 19.3 Å². The van der Waals surface area contributed by atoms with E-state index in [2.05, 4.69) is 9.55 Å². The van der Waals surface area contributed by atoms with Crippen LogP contribution in [-0.2, 0) is 6.54 Å². The summed E-state index contributed by atoms with van der Waals surface area (Å²) >= 11 is 8.23. The lowest BCUT2D eigenvalue weighted by molar-refractivity contribution is 0.567. The maximum absolute atomic E-state index is 13.8. The second-order valence-electron chi connectivity index (χ2n) is 5.58. The smallest absolute Gasteiger partial charge is 0.138 e. The molecule has 1 atom stereocenters. The van der Waals surface area contributed by atoms with Crippen molar-refractivity contribution in [1.82, 2.24) is 9.55 Å². The molecular weight excluding hydrogens is 390 g/mol. The Hall–Kier alpha value is -0.360. The molecule has 5 heteroatoms. The molecule has 3 rings (SSSR count). The molecule has 1 aliphatic carbocycles. The Morgan fingerprint density at radius 2 is 2.25 bits per heavy atom. The second-order valence-corrected chi connectivity index (χ2v) is 7.40. The summed E-state index contributed by atoms with van der Waals surface area (Å²) in [6.45, 7) is 2.79. The normalized spacial score (nSPS) is 16.8. The number of fused-ring (bicyclic) bond motifs is 1. The molecule has 0 spiro atoms. The average molecular weight is 407 g/mol. The van der Waals surface area contributed by atoms with E-state index in [0.29, 0.717) is 3.57 Å². The minimum atomic E-state index is -0.185. The zero-order valence-electron chi connectivity index (χ0n) is 11.4. The topological polar surface area (TPSA) is 17.8 Å². The summed E-state index contributed by atoms with van der Waals surface area (Å²) < 4.78 is 16.5. The van der Waals surface area contributed by atoms with Gasteiger partial charge in [-0.05, 0) is 54.3 Å². The predicted octanol–water partition coefficient (Wildman–Crippen LogP) is 5.27. The van der Waals surface area contributed by atoms with E-state index in [9.17, 15) is 4.39 Å². The molecule has 1 unspecified atom stereocenters. The lowest BCUT2D eigenvalue weighted by Crippen LogP contribution is -2.05. The number of aryl methyl sites for hydroxylation is 1. The number of imidazole rings is 1. The number of aromatic nitrogens is 2. The molecule has 1 saturated carbocycles. The molecule has 20 heavy (non-hydrogen) atoms. The first-order valence-corrected chi connectivity index (χ1v) is 8.57. The van der Waals surface area contributed by atoms with Gasteiger partial charge in [-0.15, -0.1) is 11.6 Å². The van der Waals surface area contributed by atoms with Crippen molar-refractivity contribution >= 4 is 45.2 Å². The first-order chi connectivity index (χ1) is 9.56. The van der Waals surface area contributed by atoms with Gasteiger partial charge < -0.3 is 4.57 Å². The maximum Gasteiger partial charge on any atom is 0.138 e. The third-order valence-corrected chi connectivity index (χ3v) is 4.89. The van der Waals surface area contributed by atoms with Crippen LogP contribution in [0.4, 0.5) is 4.39 Å². The lowest BCUT2D eigenvalue weighted by atomic mass is 10.2. The lowest BCUT2D eigenvalue weighted by Gasteiger charge is -2.10. The van der Waals surface area contributed by atoms with Crippen LogP contribution in [-0.4, -0.2) is 9.55 Å². The quantitative estimate of drug-likeness (QED) is 0.488. The van der Waals surface area contributed by atoms with Gasteiger partial charge in [-0.3, -0.25) is 0 Å². The van der Waals surface area contributed by atoms with Gasteiger partial charge in [0.25, 0.3) is 0 Å². The summed E-state index contributed by atoms with van der Waals surface area (Å²) in [5, 5.41) is -0.163. The summed E-state index contributed by atoms with van der Waals surface area (Å²) in [7, 11) is 0. The predicted molar refractivity (Wildman–Crippen MR) is 88.6 cm³/mol. The average Bonchev–Trinajstić information content (AvgIpc) is 3.14. The Bertz CT molecular complexity index is 634. The van der Waals surface area contributed by atoms with Crippen LogP contribution in [0, 0.1) is 15.3 Å². The summed E-state index contributed by atoms with van der Waals surface area (Å²) in [4.78, 5) is 4.59. The molecular formula is C15H17ClFIN2. The maximum atomic E-state index is 13.8. The van der Waals surface area contributed by atoms with E-state index in [0.717, 1.165) is 35.7 Å². The number of benzene rings is 1. The highest BCUT2D eigenvalue weighted by Gasteiger charge is 2.21. The van der Waals surface area contributed by atoms with E-state index >= 15 is 0 Å². The first-order valence-electron chi connectivity index (χ1n) is 7.05. The van der Waals surface area contributed by atoms with Crippen molar-refractivity contribution in [1.29, 1.82) is 0 Å². The van der Waals surface area contributed by atoms with Crippen LogP contribution in [0.1, 0.15) is 43.8 Å². The molecule has 0 N–H and O–H groups in total. The van der Waals surface area contributed by atoms with Crippen LogP contribution in [0.15, 0.2) is 12.1 Å². The Kier molecular flexibility index (Phi) is 4.22. The molecule has 0 saturated heterocycles. The van der Waals surface area contributed by atoms with Gasteiger partial charge in [0.05, 0.1) is 20.0 Å². The van der Waals surface area contributed by atoms with Crippen LogP contribution in [0.3, 0.4) is 0 Å². The molecule has 1 aromatic heterocycles. The zero-order chi connectivity index (χ0) is 14.3. The zero-order valence-corrected chi connectivity index (χ0v) is 14.3. The van der Waals surface area contributed by atoms with Crippen molar-refractivity contribution in [2.75, 3.05) is 0 Å². The molecule has 2 aromatic rings. The Morgan fingerprint density at radius 1 is 1.50 bits per heavy atom. The van der Waals surface area contributed by atoms with Crippen LogP contribution >= 0.6 is 34.2 Å². The molecule has 0 radical (unpaired) electrons. The molecule has 0 amide bonds. The van der Waals surface area contributed by atoms with Gasteiger partial charge in [0.15, 0.2) is 0 Å². The van der Waals surface area contributed by atoms with Gasteiger partial charge in [0, 0.05) is 12.6 Å². The molecule has 1 fully saturated rings. The molecule has 2 nitrogen and oxygen atoms in total. The minimum absolute atomic E-state index is 0.163. The van der Waals surface area contributed by atoms with Crippen LogP contribution < -0.4 is 0 Å². The van der Waals surface area contributed by atoms with Crippen molar-refractivity contribution in [3.63, 3.8) is 0 Å². The molecule has 1 aliphatic rings. The van der Waals surface area contributed by atoms with Crippen LogP contribution in [0.25, 0.3) is 11.0 Å². The monoisotopic (exact) mass is 406 g/mol. The fourth-order valence-electron chi connectivity index (χ4n) is 2.62. The largest absolute Gasteiger partial charge is 0.327 e. The number of halogens is 3. The van der Waals surface area contributed by atoms with Crippen molar-refractivity contribution in [2.24, 2.45) is 5.92 Å². The van der Waals surface area contributed by atoms with Crippen LogP contribution in [0.5, 0.6) is 0 Å². The molecule has 1 aromatic carbocycles. The Labute approximate surface area is 136 Å². The number of nitrogens with zero attached hydrogens (tertiary/aromatic N) is 2. The summed E-state index contributed by atoms with van der Waals surface area (Å²) in [5.41, 5.74) is 1.70. The van der Waals surface area contributed by atoms with E-state index in [-0.39, 0.29) is 11.2 Å². The molecule has 1 heterocycles.